The van der Waals surface area contributed by atoms with Crippen LogP contribution in [0.2, 0.25) is 5.04 Å². The molecule has 0 radical (unpaired) electrons. The molecule has 1 unspecified atom stereocenters. The quantitative estimate of drug-likeness (QED) is 0.0377. The molecule has 4 fully saturated rings. The maximum atomic E-state index is 15.1. The SMILES string of the molecule is CC(=O)N[C@H]1[C@@H](OCc2ccccc2)O[C@H](CO[Si](c2ccccc2)(c2ccccc2)C(C)(C)C)[C@@H](O[C@@H]2O[C@@H]3COC(c4ccccc4)O[C@@H]3[C@H](OC(=O)c3ccccc3)[C@H]2OC(=O)c2ccccc2)[C@@H]1O[C@@H]1O[C@@H](C)[C@@H](OCc2ccccc2)[C@@H](OCc2ccccc2)[C@@H]1OCc1ccccc1. The van der Waals surface area contributed by atoms with Crippen molar-refractivity contribution < 1.29 is 80.4 Å². The first kappa shape index (κ1) is 73.4. The molecule has 4 heterocycles. The third kappa shape index (κ3) is 17.7. The first-order valence-corrected chi connectivity index (χ1v) is 37.4. The van der Waals surface area contributed by atoms with Gasteiger partial charge in [-0.3, -0.25) is 4.79 Å². The second kappa shape index (κ2) is 34.8. The normalized spacial score (nSPS) is 26.3. The third-order valence-electron chi connectivity index (χ3n) is 19.2. The molecule has 13 rings (SSSR count). The Kier molecular flexibility index (Phi) is 24.6. The minimum atomic E-state index is -3.51. The second-order valence-corrected chi connectivity index (χ2v) is 31.7. The van der Waals surface area contributed by atoms with E-state index >= 15 is 4.79 Å². The second-order valence-electron chi connectivity index (χ2n) is 27.4. The number of rotatable bonds is 27. The summed E-state index contributed by atoms with van der Waals surface area (Å²) in [5.41, 5.74) is 4.56. The monoisotopic (exact) mass is 1420 g/mol. The van der Waals surface area contributed by atoms with Crippen molar-refractivity contribution in [2.75, 3.05) is 13.2 Å². The number of fused-ring (bicyclic) bond motifs is 1. The van der Waals surface area contributed by atoms with Gasteiger partial charge >= 0.3 is 11.9 Å². The molecule has 0 spiro atoms. The minimum Gasteiger partial charge on any atom is -0.452 e. The van der Waals surface area contributed by atoms with Crippen LogP contribution in [0, 0.1) is 0 Å². The van der Waals surface area contributed by atoms with Gasteiger partial charge in [-0.15, -0.1) is 0 Å². The van der Waals surface area contributed by atoms with Crippen molar-refractivity contribution >= 4 is 36.5 Å². The molecule has 0 bridgehead atoms. The number of ether oxygens (including phenoxy) is 13. The van der Waals surface area contributed by atoms with Gasteiger partial charge in [-0.1, -0.05) is 269 Å². The highest BCUT2D eigenvalue weighted by Gasteiger charge is 2.60. The van der Waals surface area contributed by atoms with Gasteiger partial charge in [-0.25, -0.2) is 9.59 Å². The van der Waals surface area contributed by atoms with E-state index in [0.29, 0.717) is 5.56 Å². The van der Waals surface area contributed by atoms with Gasteiger partial charge in [0.1, 0.15) is 54.9 Å². The molecule has 4 aliphatic rings. The Morgan fingerprint density at radius 3 is 1.33 bits per heavy atom. The van der Waals surface area contributed by atoms with Crippen molar-refractivity contribution in [3.05, 3.63) is 312 Å². The maximum Gasteiger partial charge on any atom is 0.338 e. The highest BCUT2D eigenvalue weighted by Crippen LogP contribution is 2.43. The van der Waals surface area contributed by atoms with E-state index in [-0.39, 0.29) is 50.8 Å². The number of hydrogen-bond donors (Lipinski definition) is 1. The van der Waals surface area contributed by atoms with Crippen LogP contribution >= 0.6 is 0 Å². The van der Waals surface area contributed by atoms with Gasteiger partial charge in [-0.05, 0) is 68.9 Å². The lowest BCUT2D eigenvalue weighted by Crippen LogP contribution is -2.72. The topological polar surface area (TPSA) is 192 Å². The largest absolute Gasteiger partial charge is 0.452 e. The standard InChI is InChI=1S/C85H89NO17Si/c1-57-71(90-51-59-33-15-6-16-34-59)75(91-52-60-35-17-7-18-36-60)77(92-53-61-37-19-8-20-38-61)83(96-57)103-74-70(86-58(2)87)82(93-54-62-39-21-9-22-40-62)97-69(56-95-104(85(3,4)5,66-47-29-13-30-48-66)67-49-31-14-32-50-67)72(74)102-84-78(100-80(89)64-43-25-11-26-44-64)76(99-79(88)63-41-23-10-24-42-63)73-68(98-84)55-94-81(101-73)65-45-27-12-28-46-65/h6-50,57,68-78,81-84H,51-56H2,1-5H3,(H,86,87)/t57-,68+,69+,70+,71+,72+,73-,74+,75+,76-,77-,78+,81?,82-,83-,84-/m0/s1. The molecule has 19 heteroatoms. The third-order valence-corrected chi connectivity index (χ3v) is 24.2. The molecule has 0 saturated carbocycles. The van der Waals surface area contributed by atoms with E-state index in [1.54, 1.807) is 60.7 Å². The summed E-state index contributed by atoms with van der Waals surface area (Å²) >= 11 is 0. The van der Waals surface area contributed by atoms with Crippen LogP contribution in [0.15, 0.2) is 273 Å². The summed E-state index contributed by atoms with van der Waals surface area (Å²) in [6.45, 7) is 9.95. The molecule has 0 aliphatic carbocycles. The number of carbonyl (C=O) groups excluding carboxylic acids is 3. The van der Waals surface area contributed by atoms with Crippen LogP contribution in [-0.2, 0) is 97.2 Å². The molecular weight excluding hydrogens is 1340 g/mol. The number of benzene rings is 9. The van der Waals surface area contributed by atoms with Crippen LogP contribution in [0.3, 0.4) is 0 Å². The summed E-state index contributed by atoms with van der Waals surface area (Å²) in [5, 5.41) is 4.60. The predicted octanol–water partition coefficient (Wildman–Crippen LogP) is 12.6. The highest BCUT2D eigenvalue weighted by molar-refractivity contribution is 6.99. The van der Waals surface area contributed by atoms with Gasteiger partial charge in [0.15, 0.2) is 37.4 Å². The summed E-state index contributed by atoms with van der Waals surface area (Å²) in [6, 6.07) is 84.5. The van der Waals surface area contributed by atoms with Crippen LogP contribution in [0.5, 0.6) is 0 Å². The fourth-order valence-electron chi connectivity index (χ4n) is 14.1. The van der Waals surface area contributed by atoms with Gasteiger partial charge in [-0.2, -0.15) is 0 Å². The van der Waals surface area contributed by atoms with E-state index in [1.165, 1.54) is 6.92 Å². The Morgan fingerprint density at radius 2 is 0.846 bits per heavy atom. The first-order valence-electron chi connectivity index (χ1n) is 35.5. The number of nitrogens with one attached hydrogen (secondary N) is 1. The number of hydrogen-bond acceptors (Lipinski definition) is 17. The zero-order chi connectivity index (χ0) is 71.8. The van der Waals surface area contributed by atoms with E-state index in [4.69, 9.17) is 66.0 Å². The van der Waals surface area contributed by atoms with Crippen molar-refractivity contribution in [3.8, 4) is 0 Å². The predicted molar refractivity (Wildman–Crippen MR) is 390 cm³/mol. The van der Waals surface area contributed by atoms with Crippen LogP contribution in [0.25, 0.3) is 0 Å². The zero-order valence-corrected chi connectivity index (χ0v) is 59.9. The summed E-state index contributed by atoms with van der Waals surface area (Å²) in [6.07, 6.45) is -18.3. The first-order chi connectivity index (χ1) is 50.8. The molecule has 0 aromatic heterocycles. The molecule has 104 heavy (non-hydrogen) atoms. The van der Waals surface area contributed by atoms with Gasteiger partial charge in [0.25, 0.3) is 8.32 Å². The molecule has 1 N–H and O–H groups in total. The summed E-state index contributed by atoms with van der Waals surface area (Å²) in [4.78, 5) is 44.4. The molecule has 4 saturated heterocycles. The minimum absolute atomic E-state index is 0.0164. The van der Waals surface area contributed by atoms with Crippen LogP contribution in [-0.4, -0.2) is 131 Å². The van der Waals surface area contributed by atoms with Crippen LogP contribution in [0.1, 0.15) is 89.4 Å². The fourth-order valence-corrected chi connectivity index (χ4v) is 18.7. The molecule has 4 aliphatic heterocycles. The number of carbonyl (C=O) groups is 3. The van der Waals surface area contributed by atoms with Crippen molar-refractivity contribution in [3.63, 3.8) is 0 Å². The summed E-state index contributed by atoms with van der Waals surface area (Å²) in [7, 11) is -3.51. The smallest absolute Gasteiger partial charge is 0.338 e. The van der Waals surface area contributed by atoms with Gasteiger partial charge in [0, 0.05) is 12.5 Å². The summed E-state index contributed by atoms with van der Waals surface area (Å²) in [5.74, 6) is -2.01. The molecule has 18 nitrogen and oxygen atoms in total. The molecule has 16 atom stereocenters. The molecular formula is C85H89NO17Si. The lowest BCUT2D eigenvalue weighted by Gasteiger charge is -2.53. The van der Waals surface area contributed by atoms with E-state index < -0.39 is 130 Å². The Morgan fingerprint density at radius 1 is 0.433 bits per heavy atom. The van der Waals surface area contributed by atoms with Gasteiger partial charge in [0.05, 0.1) is 56.9 Å². The summed E-state index contributed by atoms with van der Waals surface area (Å²) < 4.78 is 101. The molecule has 540 valence electrons. The van der Waals surface area contributed by atoms with Crippen molar-refractivity contribution in [1.82, 2.24) is 5.32 Å². The fraction of sp³-hybridized carbons (Fsp3) is 0.329. The van der Waals surface area contributed by atoms with Crippen molar-refractivity contribution in [2.24, 2.45) is 0 Å². The van der Waals surface area contributed by atoms with E-state index in [9.17, 15) is 9.59 Å². The van der Waals surface area contributed by atoms with E-state index in [2.05, 4.69) is 50.4 Å². The lowest BCUT2D eigenvalue weighted by molar-refractivity contribution is -0.392. The average Bonchev–Trinajstić information content (AvgIpc) is 0.811. The maximum absolute atomic E-state index is 15.1. The zero-order valence-electron chi connectivity index (χ0n) is 58.9. The van der Waals surface area contributed by atoms with E-state index in [0.717, 1.165) is 32.6 Å². The Bertz CT molecular complexity index is 4080. The average molecular weight is 1420 g/mol. The number of amides is 1. The van der Waals surface area contributed by atoms with Gasteiger partial charge in [0.2, 0.25) is 5.91 Å². The van der Waals surface area contributed by atoms with Crippen LogP contribution < -0.4 is 15.7 Å². The van der Waals surface area contributed by atoms with E-state index in [1.807, 2.05) is 195 Å². The Hall–Kier alpha value is -8.87. The lowest BCUT2D eigenvalue weighted by atomic mass is 9.93. The Labute approximate surface area is 608 Å². The van der Waals surface area contributed by atoms with Gasteiger partial charge < -0.3 is 71.3 Å². The van der Waals surface area contributed by atoms with Crippen LogP contribution in [0.4, 0.5) is 0 Å². The molecule has 9 aromatic rings. The van der Waals surface area contributed by atoms with Crippen molar-refractivity contribution in [2.45, 2.75) is 164 Å². The number of esters is 2. The molecule has 9 aromatic carbocycles. The molecule has 1 amide bonds. The Balaban J connectivity index is 0.984. The van der Waals surface area contributed by atoms with Crippen molar-refractivity contribution in [1.29, 1.82) is 0 Å². The highest BCUT2D eigenvalue weighted by atomic mass is 28.4.